The van der Waals surface area contributed by atoms with Crippen LogP contribution in [0.3, 0.4) is 0 Å². The Morgan fingerprint density at radius 3 is 2.40 bits per heavy atom. The third kappa shape index (κ3) is 4.29. The summed E-state index contributed by atoms with van der Waals surface area (Å²) in [4.78, 5) is 15.6. The van der Waals surface area contributed by atoms with Gasteiger partial charge in [-0.25, -0.2) is 8.42 Å². The van der Waals surface area contributed by atoms with Crippen molar-refractivity contribution in [1.82, 2.24) is 9.21 Å². The van der Waals surface area contributed by atoms with Crippen molar-refractivity contribution in [2.75, 3.05) is 20.1 Å². The number of amides is 1. The standard InChI is InChI=1S/C18H24N2O3S2/c1-5-20(6-2)25(22,23)16-9-7-8-15(12-16)18(21)19(4)13-17-14(3)10-11-24-17/h7-12H,5-6,13H2,1-4H3. The second kappa shape index (κ2) is 8.12. The third-order valence-electron chi connectivity index (χ3n) is 4.12. The van der Waals surface area contributed by atoms with Gasteiger partial charge in [-0.05, 0) is 42.1 Å². The van der Waals surface area contributed by atoms with Crippen molar-refractivity contribution < 1.29 is 13.2 Å². The molecule has 5 nitrogen and oxygen atoms in total. The highest BCUT2D eigenvalue weighted by molar-refractivity contribution is 7.89. The van der Waals surface area contributed by atoms with Crippen LogP contribution in [0, 0.1) is 6.92 Å². The molecule has 25 heavy (non-hydrogen) atoms. The summed E-state index contributed by atoms with van der Waals surface area (Å²) < 4.78 is 26.7. The van der Waals surface area contributed by atoms with Crippen molar-refractivity contribution in [1.29, 1.82) is 0 Å². The van der Waals surface area contributed by atoms with E-state index in [2.05, 4.69) is 0 Å². The number of benzene rings is 1. The SMILES string of the molecule is CCN(CC)S(=O)(=O)c1cccc(C(=O)N(C)Cc2sccc2C)c1. The molecule has 1 amide bonds. The molecular formula is C18H24N2O3S2. The van der Waals surface area contributed by atoms with Crippen LogP contribution >= 0.6 is 11.3 Å². The van der Waals surface area contributed by atoms with Crippen LogP contribution in [-0.2, 0) is 16.6 Å². The van der Waals surface area contributed by atoms with Gasteiger partial charge in [0.25, 0.3) is 5.91 Å². The molecule has 0 atom stereocenters. The molecule has 1 aromatic heterocycles. The van der Waals surface area contributed by atoms with Crippen LogP contribution in [0.1, 0.15) is 34.6 Å². The van der Waals surface area contributed by atoms with Crippen molar-refractivity contribution in [2.24, 2.45) is 0 Å². The van der Waals surface area contributed by atoms with E-state index in [1.165, 1.54) is 16.4 Å². The molecule has 7 heteroatoms. The first-order valence-corrected chi connectivity index (χ1v) is 10.5. The zero-order chi connectivity index (χ0) is 18.6. The van der Waals surface area contributed by atoms with Gasteiger partial charge in [0, 0.05) is 30.6 Å². The minimum Gasteiger partial charge on any atom is -0.337 e. The first-order valence-electron chi connectivity index (χ1n) is 8.19. The van der Waals surface area contributed by atoms with Crippen LogP contribution in [0.25, 0.3) is 0 Å². The molecule has 0 saturated carbocycles. The van der Waals surface area contributed by atoms with E-state index < -0.39 is 10.0 Å². The van der Waals surface area contributed by atoms with E-state index in [1.54, 1.807) is 49.3 Å². The second-order valence-corrected chi connectivity index (χ2v) is 8.74. The third-order valence-corrected chi connectivity index (χ3v) is 7.17. The Kier molecular flexibility index (Phi) is 6.37. The topological polar surface area (TPSA) is 57.7 Å². The van der Waals surface area contributed by atoms with Crippen molar-refractivity contribution in [3.05, 3.63) is 51.7 Å². The predicted octanol–water partition coefficient (Wildman–Crippen LogP) is 3.36. The summed E-state index contributed by atoms with van der Waals surface area (Å²) in [6.07, 6.45) is 0. The summed E-state index contributed by atoms with van der Waals surface area (Å²) in [6, 6.07) is 8.30. The summed E-state index contributed by atoms with van der Waals surface area (Å²) in [5.74, 6) is -0.190. The average molecular weight is 381 g/mol. The number of nitrogens with zero attached hydrogens (tertiary/aromatic N) is 2. The average Bonchev–Trinajstić information content (AvgIpc) is 3.00. The Balaban J connectivity index is 2.26. The van der Waals surface area contributed by atoms with E-state index in [0.717, 1.165) is 10.4 Å². The van der Waals surface area contributed by atoms with Gasteiger partial charge in [-0.2, -0.15) is 4.31 Å². The van der Waals surface area contributed by atoms with E-state index in [9.17, 15) is 13.2 Å². The van der Waals surface area contributed by atoms with Crippen LogP contribution in [0.2, 0.25) is 0 Å². The maximum absolute atomic E-state index is 12.7. The van der Waals surface area contributed by atoms with Gasteiger partial charge in [-0.15, -0.1) is 11.3 Å². The lowest BCUT2D eigenvalue weighted by Crippen LogP contribution is -2.31. The quantitative estimate of drug-likeness (QED) is 0.740. The van der Waals surface area contributed by atoms with Crippen LogP contribution in [-0.4, -0.2) is 43.7 Å². The molecule has 0 aliphatic rings. The van der Waals surface area contributed by atoms with Crippen molar-refractivity contribution >= 4 is 27.3 Å². The van der Waals surface area contributed by atoms with Gasteiger partial charge in [-0.3, -0.25) is 4.79 Å². The number of carbonyl (C=O) groups excluding carboxylic acids is 1. The van der Waals surface area contributed by atoms with E-state index in [0.29, 0.717) is 25.2 Å². The minimum atomic E-state index is -3.57. The predicted molar refractivity (Wildman–Crippen MR) is 101 cm³/mol. The Morgan fingerprint density at radius 1 is 1.16 bits per heavy atom. The molecule has 0 spiro atoms. The van der Waals surface area contributed by atoms with Crippen LogP contribution in [0.4, 0.5) is 0 Å². The summed E-state index contributed by atoms with van der Waals surface area (Å²) >= 11 is 1.61. The summed E-state index contributed by atoms with van der Waals surface area (Å²) in [5.41, 5.74) is 1.53. The fourth-order valence-electron chi connectivity index (χ4n) is 2.58. The lowest BCUT2D eigenvalue weighted by molar-refractivity contribution is 0.0786. The molecule has 136 valence electrons. The first-order chi connectivity index (χ1) is 11.8. The van der Waals surface area contributed by atoms with Gasteiger partial charge in [0.15, 0.2) is 0 Å². The summed E-state index contributed by atoms with van der Waals surface area (Å²) in [6.45, 7) is 6.92. The highest BCUT2D eigenvalue weighted by atomic mass is 32.2. The highest BCUT2D eigenvalue weighted by Crippen LogP contribution is 2.20. The molecule has 0 saturated heterocycles. The number of hydrogen-bond acceptors (Lipinski definition) is 4. The number of hydrogen-bond donors (Lipinski definition) is 0. The Hall–Kier alpha value is -1.70. The maximum Gasteiger partial charge on any atom is 0.253 e. The normalized spacial score (nSPS) is 11.7. The van der Waals surface area contributed by atoms with E-state index >= 15 is 0 Å². The zero-order valence-electron chi connectivity index (χ0n) is 15.0. The minimum absolute atomic E-state index is 0.155. The summed E-state index contributed by atoms with van der Waals surface area (Å²) in [7, 11) is -1.85. The molecule has 0 fully saturated rings. The fourth-order valence-corrected chi connectivity index (χ4v) is 5.04. The van der Waals surface area contributed by atoms with Crippen molar-refractivity contribution in [2.45, 2.75) is 32.2 Å². The maximum atomic E-state index is 12.7. The lowest BCUT2D eigenvalue weighted by atomic mass is 10.2. The van der Waals surface area contributed by atoms with Crippen LogP contribution in [0.5, 0.6) is 0 Å². The summed E-state index contributed by atoms with van der Waals surface area (Å²) in [5, 5.41) is 2.00. The Bertz CT molecular complexity index is 840. The zero-order valence-corrected chi connectivity index (χ0v) is 16.7. The molecular weight excluding hydrogens is 356 g/mol. The molecule has 0 N–H and O–H groups in total. The van der Waals surface area contributed by atoms with Crippen molar-refractivity contribution in [3.8, 4) is 0 Å². The number of sulfonamides is 1. The molecule has 0 aliphatic carbocycles. The lowest BCUT2D eigenvalue weighted by Gasteiger charge is -2.20. The molecule has 0 aliphatic heterocycles. The number of rotatable bonds is 7. The number of aryl methyl sites for hydroxylation is 1. The monoisotopic (exact) mass is 380 g/mol. The molecule has 2 rings (SSSR count). The Labute approximate surface area is 153 Å². The highest BCUT2D eigenvalue weighted by Gasteiger charge is 2.23. The van der Waals surface area contributed by atoms with E-state index in [-0.39, 0.29) is 10.8 Å². The van der Waals surface area contributed by atoms with E-state index in [4.69, 9.17) is 0 Å². The molecule has 1 aromatic carbocycles. The smallest absolute Gasteiger partial charge is 0.253 e. The molecule has 0 bridgehead atoms. The van der Waals surface area contributed by atoms with Crippen LogP contribution in [0.15, 0.2) is 40.6 Å². The first kappa shape index (κ1) is 19.6. The molecule has 0 unspecified atom stereocenters. The van der Waals surface area contributed by atoms with Gasteiger partial charge in [0.2, 0.25) is 10.0 Å². The fraction of sp³-hybridized carbons (Fsp3) is 0.389. The van der Waals surface area contributed by atoms with E-state index in [1.807, 2.05) is 18.4 Å². The van der Waals surface area contributed by atoms with Gasteiger partial charge >= 0.3 is 0 Å². The molecule has 2 aromatic rings. The van der Waals surface area contributed by atoms with Gasteiger partial charge in [0.1, 0.15) is 0 Å². The number of carbonyl (C=O) groups is 1. The van der Waals surface area contributed by atoms with Gasteiger partial charge in [0.05, 0.1) is 11.4 Å². The second-order valence-electron chi connectivity index (χ2n) is 5.81. The largest absolute Gasteiger partial charge is 0.337 e. The van der Waals surface area contributed by atoms with Crippen molar-refractivity contribution in [3.63, 3.8) is 0 Å². The van der Waals surface area contributed by atoms with Crippen LogP contribution < -0.4 is 0 Å². The Morgan fingerprint density at radius 2 is 1.84 bits per heavy atom. The van der Waals surface area contributed by atoms with Gasteiger partial charge in [-0.1, -0.05) is 19.9 Å². The molecule has 1 heterocycles. The number of thiophene rings is 1. The molecule has 0 radical (unpaired) electrons. The van der Waals surface area contributed by atoms with Gasteiger partial charge < -0.3 is 4.90 Å².